The number of aliphatic hydroxyl groups is 2. The summed E-state index contributed by atoms with van der Waals surface area (Å²) < 4.78 is 60.6. The maximum atomic E-state index is 12.9. The summed E-state index contributed by atoms with van der Waals surface area (Å²) in [6.07, 6.45) is 74.3. The van der Waals surface area contributed by atoms with E-state index in [4.69, 9.17) is 32.3 Å². The van der Waals surface area contributed by atoms with Crippen LogP contribution in [0.1, 0.15) is 188 Å². The number of carbonyl (C=O) groups excluding carboxylic acids is 3. The third-order valence-corrected chi connectivity index (χ3v) is 13.8. The molecular formula is C69H108O16P2. The van der Waals surface area contributed by atoms with Gasteiger partial charge in [-0.05, 0) is 135 Å². The molecule has 4 N–H and O–H groups in total. The molecule has 0 radical (unpaired) electrons. The fourth-order valence-electron chi connectivity index (χ4n) is 7.22. The zero-order valence-electron chi connectivity index (χ0n) is 52.6. The lowest BCUT2D eigenvalue weighted by molar-refractivity contribution is -0.161. The van der Waals surface area contributed by atoms with Gasteiger partial charge in [0.25, 0.3) is 0 Å². The zero-order chi connectivity index (χ0) is 63.8. The SMILES string of the molecule is CC/C=C\C/C=C\C/C=C\C/C=C\C/C=C\CCCC(=O)OCC(O)COP(=O)(O)OCC(O)COP(=O)(O)OCC(COC(=O)CCC/C=C\C/C=C\C/C=C\C/C=C\C/C=C\CC)OC(=O)CCCCCC/C=C\C/C=C\C/C=C\C/C=C\CC. The number of ether oxygens (including phenoxy) is 3. The largest absolute Gasteiger partial charge is 0.472 e. The molecule has 490 valence electrons. The molecule has 0 amide bonds. The molecule has 87 heavy (non-hydrogen) atoms. The fourth-order valence-corrected chi connectivity index (χ4v) is 8.80. The van der Waals surface area contributed by atoms with Crippen LogP contribution in [0.3, 0.4) is 0 Å². The normalized spacial score (nSPS) is 15.4. The van der Waals surface area contributed by atoms with Gasteiger partial charge in [-0.1, -0.05) is 204 Å². The summed E-state index contributed by atoms with van der Waals surface area (Å²) >= 11 is 0. The summed E-state index contributed by atoms with van der Waals surface area (Å²) in [5, 5.41) is 20.5. The van der Waals surface area contributed by atoms with Gasteiger partial charge >= 0.3 is 33.6 Å². The minimum atomic E-state index is -4.95. The van der Waals surface area contributed by atoms with E-state index in [1.807, 2.05) is 24.3 Å². The van der Waals surface area contributed by atoms with Gasteiger partial charge in [-0.2, -0.15) is 0 Å². The summed E-state index contributed by atoms with van der Waals surface area (Å²) in [7, 11) is -9.83. The summed E-state index contributed by atoms with van der Waals surface area (Å²) in [6, 6.07) is 0. The van der Waals surface area contributed by atoms with Crippen LogP contribution in [0.25, 0.3) is 0 Å². The second-order valence-electron chi connectivity index (χ2n) is 20.1. The number of allylic oxidation sites excluding steroid dienone is 28. The predicted octanol–water partition coefficient (Wildman–Crippen LogP) is 17.0. The van der Waals surface area contributed by atoms with E-state index in [0.717, 1.165) is 116 Å². The predicted molar refractivity (Wildman–Crippen MR) is 352 cm³/mol. The molecule has 0 aromatic rings. The quantitative estimate of drug-likeness (QED) is 0.0146. The number of phosphoric acid groups is 2. The van der Waals surface area contributed by atoms with Gasteiger partial charge in [0, 0.05) is 19.3 Å². The number of esters is 3. The average Bonchev–Trinajstić information content (AvgIpc) is 3.59. The Morgan fingerprint density at radius 3 is 0.931 bits per heavy atom. The zero-order valence-corrected chi connectivity index (χ0v) is 54.4. The molecule has 0 aliphatic heterocycles. The molecule has 0 aliphatic rings. The molecule has 0 spiro atoms. The van der Waals surface area contributed by atoms with Gasteiger partial charge in [0.2, 0.25) is 0 Å². The standard InChI is InChI=1S/C69H108O16P2/c1-4-7-10-13-16-19-22-25-28-31-34-37-40-43-46-49-52-55-67(72)79-58-64(70)59-81-86(75,76)82-60-65(71)61-83-87(77,78)84-63-66(85-69(74)57-54-51-48-45-42-39-36-33-30-27-24-21-18-15-12-9-6-3)62-80-68(73)56-53-50-47-44-41-38-35-32-29-26-23-20-17-14-11-8-5-2/h7-12,16-21,25-30,34-39,43-44,46-47,64-66,70-71H,4-6,13-15,22-24,31-33,40-42,45,48-63H2,1-3H3,(H,75,76)(H,77,78)/b10-7-,11-8-,12-9-,19-16-,20-17-,21-18-,28-25-,29-26-,30-27-,37-34-,38-35-,39-36-,46-43-,47-44-. The van der Waals surface area contributed by atoms with E-state index < -0.39 is 91.5 Å². The van der Waals surface area contributed by atoms with Crippen LogP contribution in [0.4, 0.5) is 0 Å². The van der Waals surface area contributed by atoms with E-state index in [0.29, 0.717) is 32.1 Å². The topological polar surface area (TPSA) is 231 Å². The van der Waals surface area contributed by atoms with Crippen LogP contribution in [-0.2, 0) is 55.8 Å². The van der Waals surface area contributed by atoms with Crippen LogP contribution < -0.4 is 0 Å². The van der Waals surface area contributed by atoms with Crippen molar-refractivity contribution in [1.29, 1.82) is 0 Å². The van der Waals surface area contributed by atoms with Gasteiger partial charge in [-0.25, -0.2) is 9.13 Å². The lowest BCUT2D eigenvalue weighted by atomic mass is 10.1. The van der Waals surface area contributed by atoms with Crippen LogP contribution in [0.15, 0.2) is 170 Å². The molecule has 0 aromatic heterocycles. The minimum Gasteiger partial charge on any atom is -0.463 e. The molecule has 16 nitrogen and oxygen atoms in total. The van der Waals surface area contributed by atoms with Crippen LogP contribution in [0.2, 0.25) is 0 Å². The monoisotopic (exact) mass is 1250 g/mol. The van der Waals surface area contributed by atoms with Gasteiger partial charge < -0.3 is 34.2 Å². The number of phosphoric ester groups is 2. The van der Waals surface area contributed by atoms with Gasteiger partial charge in [0.1, 0.15) is 25.4 Å². The molecule has 0 saturated heterocycles. The summed E-state index contributed by atoms with van der Waals surface area (Å²) in [6.45, 7) is 2.10. The first-order valence-electron chi connectivity index (χ1n) is 31.4. The lowest BCUT2D eigenvalue weighted by Crippen LogP contribution is -2.30. The highest BCUT2D eigenvalue weighted by Gasteiger charge is 2.29. The molecule has 18 heteroatoms. The van der Waals surface area contributed by atoms with Gasteiger partial charge in [-0.15, -0.1) is 0 Å². The Morgan fingerprint density at radius 1 is 0.322 bits per heavy atom. The van der Waals surface area contributed by atoms with Crippen molar-refractivity contribution >= 4 is 33.6 Å². The Balaban J connectivity index is 4.89. The molecule has 0 rings (SSSR count). The van der Waals surface area contributed by atoms with E-state index in [1.54, 1.807) is 0 Å². The first kappa shape index (κ1) is 81.9. The number of hydrogen-bond acceptors (Lipinski definition) is 14. The summed E-state index contributed by atoms with van der Waals surface area (Å²) in [4.78, 5) is 58.2. The van der Waals surface area contributed by atoms with Crippen molar-refractivity contribution in [3.63, 3.8) is 0 Å². The third-order valence-electron chi connectivity index (χ3n) is 11.9. The van der Waals surface area contributed by atoms with Crippen LogP contribution in [0.5, 0.6) is 0 Å². The van der Waals surface area contributed by atoms with E-state index >= 15 is 0 Å². The fraction of sp³-hybridized carbons (Fsp3) is 0.551. The Labute approximate surface area is 522 Å². The average molecular weight is 1260 g/mol. The van der Waals surface area contributed by atoms with E-state index in [-0.39, 0.29) is 19.3 Å². The number of unbranched alkanes of at least 4 members (excludes halogenated alkanes) is 6. The minimum absolute atomic E-state index is 0.0550. The molecule has 0 fully saturated rings. The van der Waals surface area contributed by atoms with Crippen molar-refractivity contribution in [2.24, 2.45) is 0 Å². The van der Waals surface area contributed by atoms with Crippen LogP contribution in [0, 0.1) is 0 Å². The van der Waals surface area contributed by atoms with Gasteiger partial charge in [0.05, 0.1) is 26.4 Å². The second kappa shape index (κ2) is 61.2. The van der Waals surface area contributed by atoms with Crippen molar-refractivity contribution in [3.05, 3.63) is 170 Å². The molecule has 0 heterocycles. The number of rotatable bonds is 57. The maximum absolute atomic E-state index is 12.9. The first-order valence-corrected chi connectivity index (χ1v) is 34.4. The van der Waals surface area contributed by atoms with Crippen molar-refractivity contribution in [2.45, 2.75) is 206 Å². The van der Waals surface area contributed by atoms with Crippen molar-refractivity contribution in [3.8, 4) is 0 Å². The Kier molecular flexibility index (Phi) is 57.6. The van der Waals surface area contributed by atoms with Gasteiger partial charge in [-0.3, -0.25) is 32.5 Å². The second-order valence-corrected chi connectivity index (χ2v) is 23.0. The van der Waals surface area contributed by atoms with E-state index in [2.05, 4.69) is 167 Å². The number of hydrogen-bond donors (Lipinski definition) is 4. The highest BCUT2D eigenvalue weighted by Crippen LogP contribution is 2.45. The highest BCUT2D eigenvalue weighted by molar-refractivity contribution is 7.47. The van der Waals surface area contributed by atoms with Crippen molar-refractivity contribution in [1.82, 2.24) is 0 Å². The molecule has 0 bridgehead atoms. The Bertz CT molecular complexity index is 2270. The van der Waals surface area contributed by atoms with Crippen LogP contribution >= 0.6 is 15.6 Å². The van der Waals surface area contributed by atoms with E-state index in [1.165, 1.54) is 0 Å². The van der Waals surface area contributed by atoms with Crippen molar-refractivity contribution in [2.75, 3.05) is 39.6 Å². The van der Waals surface area contributed by atoms with Crippen molar-refractivity contribution < 1.29 is 75.8 Å². The first-order chi connectivity index (χ1) is 42.2. The van der Waals surface area contributed by atoms with Crippen LogP contribution in [-0.4, -0.2) is 95.9 Å². The third kappa shape index (κ3) is 62.3. The molecule has 5 unspecified atom stereocenters. The Hall–Kier alpha value is -5.09. The highest BCUT2D eigenvalue weighted by atomic mass is 31.2. The smallest absolute Gasteiger partial charge is 0.463 e. The van der Waals surface area contributed by atoms with E-state index in [9.17, 15) is 43.5 Å². The number of aliphatic hydroxyl groups excluding tert-OH is 2. The maximum Gasteiger partial charge on any atom is 0.472 e. The molecule has 0 aromatic carbocycles. The van der Waals surface area contributed by atoms with Gasteiger partial charge in [0.15, 0.2) is 6.10 Å². The molecule has 0 aliphatic carbocycles. The Morgan fingerprint density at radius 2 is 0.586 bits per heavy atom. The molecule has 0 saturated carbocycles. The molecule has 5 atom stereocenters. The lowest BCUT2D eigenvalue weighted by Gasteiger charge is -2.21. The summed E-state index contributed by atoms with van der Waals surface area (Å²) in [5.41, 5.74) is 0. The molecular weight excluding hydrogens is 1150 g/mol. The number of carbonyl (C=O) groups is 3. The summed E-state index contributed by atoms with van der Waals surface area (Å²) in [5.74, 6) is -1.75.